The standard InChI is InChI=1S/C20H38N2O5.Na.H/c1-2-3-4-5-6-7-8-9-12-16(19(24)25)15-18(23)22-17(20(26)27)13-10-11-14-21;;/h16-17H,2-15,21H2,1H3,(H,22,23)(H,24,25)(H,26,27);;/t16?,17-;;/m0../s1. The minimum absolute atomic E-state index is 0. The molecule has 1 unspecified atom stereocenters. The van der Waals surface area contributed by atoms with Crippen LogP contribution in [0.25, 0.3) is 0 Å². The van der Waals surface area contributed by atoms with Gasteiger partial charge in [-0.3, -0.25) is 9.59 Å². The Bertz CT molecular complexity index is 435. The molecule has 8 heteroatoms. The minimum atomic E-state index is -1.10. The van der Waals surface area contributed by atoms with Crippen molar-refractivity contribution in [1.29, 1.82) is 0 Å². The zero-order chi connectivity index (χ0) is 20.5. The van der Waals surface area contributed by atoms with Crippen LogP contribution in [0.3, 0.4) is 0 Å². The van der Waals surface area contributed by atoms with E-state index in [4.69, 9.17) is 5.73 Å². The molecule has 0 rings (SSSR count). The van der Waals surface area contributed by atoms with Crippen molar-refractivity contribution in [3.63, 3.8) is 0 Å². The van der Waals surface area contributed by atoms with Gasteiger partial charge in [-0.05, 0) is 32.2 Å². The molecule has 160 valence electrons. The molecule has 0 aliphatic heterocycles. The van der Waals surface area contributed by atoms with Gasteiger partial charge in [0.15, 0.2) is 0 Å². The molecular weight excluding hydrogens is 371 g/mol. The molecule has 28 heavy (non-hydrogen) atoms. The molecule has 0 aromatic carbocycles. The van der Waals surface area contributed by atoms with Crippen LogP contribution in [0.5, 0.6) is 0 Å². The predicted molar refractivity (Wildman–Crippen MR) is 113 cm³/mol. The molecule has 0 fully saturated rings. The van der Waals surface area contributed by atoms with E-state index in [2.05, 4.69) is 12.2 Å². The van der Waals surface area contributed by atoms with E-state index >= 15 is 0 Å². The van der Waals surface area contributed by atoms with Gasteiger partial charge in [-0.15, -0.1) is 0 Å². The number of hydrogen-bond acceptors (Lipinski definition) is 4. The number of amides is 1. The molecule has 0 radical (unpaired) electrons. The summed E-state index contributed by atoms with van der Waals surface area (Å²) in [4.78, 5) is 34.7. The first-order valence-electron chi connectivity index (χ1n) is 10.4. The topological polar surface area (TPSA) is 130 Å². The van der Waals surface area contributed by atoms with Crippen molar-refractivity contribution >= 4 is 47.4 Å². The number of hydrogen-bond donors (Lipinski definition) is 4. The first kappa shape index (κ1) is 29.6. The average molecular weight is 411 g/mol. The van der Waals surface area contributed by atoms with Crippen molar-refractivity contribution in [2.75, 3.05) is 6.54 Å². The summed E-state index contributed by atoms with van der Waals surface area (Å²) in [6.45, 7) is 2.65. The summed E-state index contributed by atoms with van der Waals surface area (Å²) < 4.78 is 0. The molecule has 0 aromatic heterocycles. The molecule has 0 aliphatic rings. The third-order valence-corrected chi connectivity index (χ3v) is 4.77. The van der Waals surface area contributed by atoms with Crippen molar-refractivity contribution in [2.45, 2.75) is 96.4 Å². The fraction of sp³-hybridized carbons (Fsp3) is 0.850. The molecule has 0 aromatic rings. The second-order valence-electron chi connectivity index (χ2n) is 7.25. The third-order valence-electron chi connectivity index (χ3n) is 4.77. The molecule has 0 saturated heterocycles. The molecule has 0 bridgehead atoms. The Balaban J connectivity index is 0. The average Bonchev–Trinajstić information content (AvgIpc) is 2.61. The zero-order valence-corrected chi connectivity index (χ0v) is 16.8. The second-order valence-corrected chi connectivity index (χ2v) is 7.25. The third kappa shape index (κ3) is 16.3. The van der Waals surface area contributed by atoms with Gasteiger partial charge in [-0.1, -0.05) is 58.3 Å². The molecule has 0 spiro atoms. The number of unbranched alkanes of at least 4 members (excludes halogenated alkanes) is 8. The Kier molecular flexibility index (Phi) is 20.8. The van der Waals surface area contributed by atoms with Gasteiger partial charge in [0.05, 0.1) is 5.92 Å². The van der Waals surface area contributed by atoms with Gasteiger partial charge in [-0.2, -0.15) is 0 Å². The number of aliphatic carboxylic acids is 2. The maximum absolute atomic E-state index is 12.1. The summed E-state index contributed by atoms with van der Waals surface area (Å²) in [5, 5.41) is 21.0. The maximum atomic E-state index is 12.1. The number of carbonyl (C=O) groups excluding carboxylic acids is 1. The Morgan fingerprint density at radius 1 is 0.821 bits per heavy atom. The fourth-order valence-corrected chi connectivity index (χ4v) is 3.06. The van der Waals surface area contributed by atoms with E-state index < -0.39 is 29.8 Å². The molecule has 5 N–H and O–H groups in total. The molecule has 0 aliphatic carbocycles. The first-order valence-corrected chi connectivity index (χ1v) is 10.4. The van der Waals surface area contributed by atoms with Crippen LogP contribution >= 0.6 is 0 Å². The number of nitrogens with one attached hydrogen (secondary N) is 1. The summed E-state index contributed by atoms with van der Waals surface area (Å²) in [6.07, 6.45) is 10.8. The quantitative estimate of drug-likeness (QED) is 0.203. The van der Waals surface area contributed by atoms with Crippen LogP contribution in [0.15, 0.2) is 0 Å². The van der Waals surface area contributed by atoms with Crippen LogP contribution in [0.1, 0.15) is 90.4 Å². The van der Waals surface area contributed by atoms with Crippen molar-refractivity contribution in [1.82, 2.24) is 5.32 Å². The summed E-state index contributed by atoms with van der Waals surface area (Å²) in [5.41, 5.74) is 5.39. The van der Waals surface area contributed by atoms with Crippen LogP contribution in [0, 0.1) is 5.92 Å². The summed E-state index contributed by atoms with van der Waals surface area (Å²) >= 11 is 0. The first-order chi connectivity index (χ1) is 12.9. The molecule has 1 amide bonds. The van der Waals surface area contributed by atoms with Crippen LogP contribution in [0.4, 0.5) is 0 Å². The van der Waals surface area contributed by atoms with Gasteiger partial charge in [0, 0.05) is 6.42 Å². The Morgan fingerprint density at radius 2 is 1.36 bits per heavy atom. The van der Waals surface area contributed by atoms with Crippen LogP contribution in [-0.2, 0) is 14.4 Å². The van der Waals surface area contributed by atoms with Crippen LogP contribution in [0.2, 0.25) is 0 Å². The summed E-state index contributed by atoms with van der Waals surface area (Å²) in [7, 11) is 0. The SMILES string of the molecule is CCCCCCCCCCC(CC(=O)N[C@@H](CCCCN)C(=O)O)C(=O)O.[NaH]. The molecule has 0 heterocycles. The van der Waals surface area contributed by atoms with E-state index in [0.717, 1.165) is 19.3 Å². The molecule has 0 saturated carbocycles. The Morgan fingerprint density at radius 3 is 1.86 bits per heavy atom. The van der Waals surface area contributed by atoms with E-state index in [1.54, 1.807) is 0 Å². The van der Waals surface area contributed by atoms with E-state index in [9.17, 15) is 24.6 Å². The van der Waals surface area contributed by atoms with E-state index in [1.165, 1.54) is 32.1 Å². The fourth-order valence-electron chi connectivity index (χ4n) is 3.06. The number of carbonyl (C=O) groups is 3. The summed E-state index contributed by atoms with van der Waals surface area (Å²) in [6, 6.07) is -0.985. The second kappa shape index (κ2) is 19.7. The van der Waals surface area contributed by atoms with E-state index in [-0.39, 0.29) is 36.0 Å². The number of carboxylic acids is 2. The zero-order valence-electron chi connectivity index (χ0n) is 16.8. The van der Waals surface area contributed by atoms with Gasteiger partial charge in [0.1, 0.15) is 6.04 Å². The number of carboxylic acid groups (broad SMARTS) is 2. The normalized spacial score (nSPS) is 12.6. The monoisotopic (exact) mass is 410 g/mol. The molecule has 2 atom stereocenters. The van der Waals surface area contributed by atoms with Crippen molar-refractivity contribution < 1.29 is 24.6 Å². The molecule has 7 nitrogen and oxygen atoms in total. The van der Waals surface area contributed by atoms with E-state index in [1.807, 2.05) is 0 Å². The van der Waals surface area contributed by atoms with Crippen LogP contribution in [-0.4, -0.2) is 70.2 Å². The van der Waals surface area contributed by atoms with Gasteiger partial charge < -0.3 is 21.3 Å². The van der Waals surface area contributed by atoms with E-state index in [0.29, 0.717) is 32.2 Å². The van der Waals surface area contributed by atoms with Crippen molar-refractivity contribution in [3.05, 3.63) is 0 Å². The van der Waals surface area contributed by atoms with Gasteiger partial charge >= 0.3 is 41.5 Å². The number of rotatable bonds is 18. The Labute approximate surface area is 191 Å². The van der Waals surface area contributed by atoms with Gasteiger partial charge in [0.2, 0.25) is 5.91 Å². The van der Waals surface area contributed by atoms with Crippen molar-refractivity contribution in [2.24, 2.45) is 11.7 Å². The van der Waals surface area contributed by atoms with Crippen molar-refractivity contribution in [3.8, 4) is 0 Å². The Hall–Kier alpha value is -0.630. The number of nitrogens with two attached hydrogens (primary N) is 1. The predicted octanol–water partition coefficient (Wildman–Crippen LogP) is 2.66. The van der Waals surface area contributed by atoms with Gasteiger partial charge in [-0.25, -0.2) is 4.79 Å². The summed E-state index contributed by atoms with van der Waals surface area (Å²) in [5.74, 6) is -3.37. The molecular formula is C20H39N2NaO5. The van der Waals surface area contributed by atoms with Gasteiger partial charge in [0.25, 0.3) is 0 Å². The van der Waals surface area contributed by atoms with Crippen LogP contribution < -0.4 is 11.1 Å².